The largest absolute Gasteiger partial charge is 0.381 e. The highest BCUT2D eigenvalue weighted by molar-refractivity contribution is 5.61. The van der Waals surface area contributed by atoms with Crippen LogP contribution in [0.15, 0.2) is 18.2 Å². The third-order valence-electron chi connectivity index (χ3n) is 4.75. The molecular formula is C17H22N2. The SMILES string of the molecule is Cc1cccc(NC2CCCC(C3CC3)C2)c1C#N. The quantitative estimate of drug-likeness (QED) is 0.875. The summed E-state index contributed by atoms with van der Waals surface area (Å²) in [6.45, 7) is 2.01. The summed E-state index contributed by atoms with van der Waals surface area (Å²) in [6, 6.07) is 9.00. The lowest BCUT2D eigenvalue weighted by molar-refractivity contribution is 0.303. The number of benzene rings is 1. The average molecular weight is 254 g/mol. The Morgan fingerprint density at radius 3 is 2.74 bits per heavy atom. The maximum atomic E-state index is 9.29. The molecule has 100 valence electrons. The average Bonchev–Trinajstić information content (AvgIpc) is 3.24. The highest BCUT2D eigenvalue weighted by atomic mass is 14.9. The van der Waals surface area contributed by atoms with Crippen molar-refractivity contribution in [1.82, 2.24) is 0 Å². The maximum Gasteiger partial charge on any atom is 0.102 e. The van der Waals surface area contributed by atoms with Crippen LogP contribution in [0.4, 0.5) is 5.69 Å². The minimum Gasteiger partial charge on any atom is -0.381 e. The molecule has 0 amide bonds. The lowest BCUT2D eigenvalue weighted by Crippen LogP contribution is -2.28. The summed E-state index contributed by atoms with van der Waals surface area (Å²) in [6.07, 6.45) is 8.20. The van der Waals surface area contributed by atoms with Gasteiger partial charge in [0.15, 0.2) is 0 Å². The van der Waals surface area contributed by atoms with Gasteiger partial charge in [0.2, 0.25) is 0 Å². The predicted molar refractivity (Wildman–Crippen MR) is 78.0 cm³/mol. The second-order valence-electron chi connectivity index (χ2n) is 6.21. The summed E-state index contributed by atoms with van der Waals surface area (Å²) in [4.78, 5) is 0. The zero-order chi connectivity index (χ0) is 13.2. The van der Waals surface area contributed by atoms with E-state index in [9.17, 15) is 5.26 Å². The van der Waals surface area contributed by atoms with Crippen LogP contribution in [0.1, 0.15) is 49.7 Å². The van der Waals surface area contributed by atoms with Crippen LogP contribution in [-0.4, -0.2) is 6.04 Å². The number of nitriles is 1. The number of rotatable bonds is 3. The second-order valence-corrected chi connectivity index (χ2v) is 6.21. The van der Waals surface area contributed by atoms with Crippen molar-refractivity contribution in [2.75, 3.05) is 5.32 Å². The van der Waals surface area contributed by atoms with E-state index in [2.05, 4.69) is 11.4 Å². The van der Waals surface area contributed by atoms with Crippen LogP contribution in [0.2, 0.25) is 0 Å². The van der Waals surface area contributed by atoms with E-state index in [1.807, 2.05) is 25.1 Å². The fraction of sp³-hybridized carbons (Fsp3) is 0.588. The molecule has 1 N–H and O–H groups in total. The van der Waals surface area contributed by atoms with Crippen molar-refractivity contribution >= 4 is 5.69 Å². The van der Waals surface area contributed by atoms with Gasteiger partial charge in [-0.25, -0.2) is 0 Å². The first-order chi connectivity index (χ1) is 9.28. The molecule has 3 rings (SSSR count). The first kappa shape index (κ1) is 12.5. The molecule has 2 unspecified atom stereocenters. The molecule has 0 spiro atoms. The predicted octanol–water partition coefficient (Wildman–Crippen LogP) is 4.25. The lowest BCUT2D eigenvalue weighted by atomic mass is 9.82. The van der Waals surface area contributed by atoms with Crippen LogP contribution in [0.5, 0.6) is 0 Å². The van der Waals surface area contributed by atoms with Crippen molar-refractivity contribution in [3.8, 4) is 6.07 Å². The summed E-state index contributed by atoms with van der Waals surface area (Å²) < 4.78 is 0. The van der Waals surface area contributed by atoms with Crippen molar-refractivity contribution < 1.29 is 0 Å². The van der Waals surface area contributed by atoms with E-state index in [0.29, 0.717) is 6.04 Å². The van der Waals surface area contributed by atoms with Gasteiger partial charge in [0.05, 0.1) is 11.3 Å². The molecule has 2 nitrogen and oxygen atoms in total. The molecule has 0 aliphatic heterocycles. The Labute approximate surface area is 115 Å². The molecule has 0 heterocycles. The summed E-state index contributed by atoms with van der Waals surface area (Å²) in [5.74, 6) is 1.94. The fourth-order valence-electron chi connectivity index (χ4n) is 3.51. The molecule has 2 aliphatic carbocycles. The van der Waals surface area contributed by atoms with E-state index in [-0.39, 0.29) is 0 Å². The highest BCUT2D eigenvalue weighted by Crippen LogP contribution is 2.44. The van der Waals surface area contributed by atoms with E-state index in [1.54, 1.807) is 0 Å². The molecule has 2 aliphatic rings. The molecule has 2 atom stereocenters. The van der Waals surface area contributed by atoms with Gasteiger partial charge in [0.25, 0.3) is 0 Å². The Kier molecular flexibility index (Phi) is 3.46. The Balaban J connectivity index is 1.70. The van der Waals surface area contributed by atoms with E-state index in [1.165, 1.54) is 38.5 Å². The molecule has 2 heteroatoms. The van der Waals surface area contributed by atoms with Gasteiger partial charge >= 0.3 is 0 Å². The minimum atomic E-state index is 0.563. The third kappa shape index (κ3) is 2.76. The molecule has 19 heavy (non-hydrogen) atoms. The van der Waals surface area contributed by atoms with E-state index in [0.717, 1.165) is 28.7 Å². The summed E-state index contributed by atoms with van der Waals surface area (Å²) in [5.41, 5.74) is 2.92. The fourth-order valence-corrected chi connectivity index (χ4v) is 3.51. The van der Waals surface area contributed by atoms with Crippen molar-refractivity contribution in [3.05, 3.63) is 29.3 Å². The van der Waals surface area contributed by atoms with Crippen molar-refractivity contribution in [1.29, 1.82) is 5.26 Å². The highest BCUT2D eigenvalue weighted by Gasteiger charge is 2.34. The first-order valence-corrected chi connectivity index (χ1v) is 7.54. The maximum absolute atomic E-state index is 9.29. The summed E-state index contributed by atoms with van der Waals surface area (Å²) in [5, 5.41) is 12.9. The molecule has 2 saturated carbocycles. The van der Waals surface area contributed by atoms with Gasteiger partial charge in [-0.1, -0.05) is 25.0 Å². The normalized spacial score (nSPS) is 26.7. The van der Waals surface area contributed by atoms with Crippen LogP contribution in [-0.2, 0) is 0 Å². The Morgan fingerprint density at radius 1 is 1.16 bits per heavy atom. The number of anilines is 1. The molecular weight excluding hydrogens is 232 g/mol. The summed E-state index contributed by atoms with van der Waals surface area (Å²) in [7, 11) is 0. The van der Waals surface area contributed by atoms with Crippen LogP contribution in [0, 0.1) is 30.1 Å². The Hall–Kier alpha value is -1.49. The first-order valence-electron chi connectivity index (χ1n) is 7.54. The van der Waals surface area contributed by atoms with Gasteiger partial charge in [-0.05, 0) is 56.1 Å². The molecule has 0 aromatic heterocycles. The van der Waals surface area contributed by atoms with Crippen molar-refractivity contribution in [3.63, 3.8) is 0 Å². The van der Waals surface area contributed by atoms with Gasteiger partial charge in [0, 0.05) is 6.04 Å². The monoisotopic (exact) mass is 254 g/mol. The molecule has 0 bridgehead atoms. The van der Waals surface area contributed by atoms with Crippen molar-refractivity contribution in [2.24, 2.45) is 11.8 Å². The molecule has 1 aromatic carbocycles. The third-order valence-corrected chi connectivity index (χ3v) is 4.75. The molecule has 1 aromatic rings. The van der Waals surface area contributed by atoms with Gasteiger partial charge in [-0.15, -0.1) is 0 Å². The van der Waals surface area contributed by atoms with Gasteiger partial charge < -0.3 is 5.32 Å². The number of nitrogens with one attached hydrogen (secondary N) is 1. The smallest absolute Gasteiger partial charge is 0.102 e. The zero-order valence-corrected chi connectivity index (χ0v) is 11.7. The minimum absolute atomic E-state index is 0.563. The number of hydrogen-bond donors (Lipinski definition) is 1. The topological polar surface area (TPSA) is 35.8 Å². The van der Waals surface area contributed by atoms with Gasteiger partial charge in [-0.2, -0.15) is 5.26 Å². The Morgan fingerprint density at radius 2 is 2.00 bits per heavy atom. The van der Waals surface area contributed by atoms with E-state index >= 15 is 0 Å². The molecule has 2 fully saturated rings. The summed E-state index contributed by atoms with van der Waals surface area (Å²) >= 11 is 0. The van der Waals surface area contributed by atoms with Crippen LogP contribution >= 0.6 is 0 Å². The van der Waals surface area contributed by atoms with Crippen LogP contribution < -0.4 is 5.32 Å². The van der Waals surface area contributed by atoms with Gasteiger partial charge in [-0.3, -0.25) is 0 Å². The zero-order valence-electron chi connectivity index (χ0n) is 11.7. The molecule has 0 saturated heterocycles. The second kappa shape index (κ2) is 5.25. The van der Waals surface area contributed by atoms with E-state index < -0.39 is 0 Å². The number of nitrogens with zero attached hydrogens (tertiary/aromatic N) is 1. The standard InChI is InChI=1S/C17H22N2/c1-12-4-2-7-17(16(12)11-18)19-15-6-3-5-14(10-15)13-8-9-13/h2,4,7,13-15,19H,3,5-6,8-10H2,1H3. The van der Waals surface area contributed by atoms with Crippen LogP contribution in [0.3, 0.4) is 0 Å². The van der Waals surface area contributed by atoms with E-state index in [4.69, 9.17) is 0 Å². The number of aryl methyl sites for hydroxylation is 1. The lowest BCUT2D eigenvalue weighted by Gasteiger charge is -2.31. The Bertz CT molecular complexity index is 496. The number of hydrogen-bond acceptors (Lipinski definition) is 2. The molecule has 0 radical (unpaired) electrons. The van der Waals surface area contributed by atoms with Gasteiger partial charge in [0.1, 0.15) is 6.07 Å². The van der Waals surface area contributed by atoms with Crippen molar-refractivity contribution in [2.45, 2.75) is 51.5 Å². The van der Waals surface area contributed by atoms with Crippen LogP contribution in [0.25, 0.3) is 0 Å².